The number of nitrogens with two attached hydrogens (primary N) is 1. The third-order valence-electron chi connectivity index (χ3n) is 3.93. The fraction of sp³-hybridized carbons (Fsp3) is 0.467. The average Bonchev–Trinajstić information content (AvgIpc) is 3.19. The second-order valence-electron chi connectivity index (χ2n) is 6.10. The lowest BCUT2D eigenvalue weighted by Crippen LogP contribution is -2.10. The molecule has 1 saturated carbocycles. The summed E-state index contributed by atoms with van der Waals surface area (Å²) in [6.45, 7) is 3.96. The van der Waals surface area contributed by atoms with Crippen LogP contribution in [0.15, 0.2) is 17.0 Å². The van der Waals surface area contributed by atoms with Gasteiger partial charge in [0.15, 0.2) is 0 Å². The molecular weight excluding hydrogens is 325 g/mol. The maximum Gasteiger partial charge on any atom is 0.453 e. The fourth-order valence-corrected chi connectivity index (χ4v) is 2.97. The van der Waals surface area contributed by atoms with Gasteiger partial charge in [-0.15, -0.1) is 17.7 Å². The van der Waals surface area contributed by atoms with Crippen molar-refractivity contribution in [3.8, 4) is 5.69 Å². The van der Waals surface area contributed by atoms with Gasteiger partial charge in [-0.05, 0) is 41.9 Å². The predicted octanol–water partition coefficient (Wildman–Crippen LogP) is 4.16. The highest BCUT2D eigenvalue weighted by Crippen LogP contribution is 2.45. The topological polar surface area (TPSA) is 56.7 Å². The molecule has 1 fully saturated rings. The molecule has 8 heteroatoms. The van der Waals surface area contributed by atoms with E-state index >= 15 is 0 Å². The third-order valence-corrected chi connectivity index (χ3v) is 4.32. The Morgan fingerprint density at radius 2 is 1.96 bits per heavy atom. The smallest absolute Gasteiger partial charge is 0.368 e. The molecule has 1 aromatic heterocycles. The van der Waals surface area contributed by atoms with Crippen LogP contribution in [0.5, 0.6) is 0 Å². The number of halogens is 3. The number of nitrogen functional groups attached to an aromatic ring is 1. The van der Waals surface area contributed by atoms with E-state index in [2.05, 4.69) is 22.7 Å². The van der Waals surface area contributed by atoms with Crippen molar-refractivity contribution in [1.29, 1.82) is 0 Å². The standard InChI is InChI=1S/C15H17F3N4S/c1-7(2)9-5-10(8-3-4-8)12(23)6-11(9)22-14(19)20-13(21-22)15(16,17)18/h5-8,23H,3-4H2,1-2H3,(H2,19,20,21). The highest BCUT2D eigenvalue weighted by Gasteiger charge is 2.37. The summed E-state index contributed by atoms with van der Waals surface area (Å²) in [5.74, 6) is -0.926. The molecule has 0 saturated heterocycles. The molecule has 0 unspecified atom stereocenters. The third kappa shape index (κ3) is 3.04. The lowest BCUT2D eigenvalue weighted by molar-refractivity contribution is -0.144. The van der Waals surface area contributed by atoms with Crippen LogP contribution in [0.25, 0.3) is 5.69 Å². The molecule has 2 aromatic rings. The van der Waals surface area contributed by atoms with Gasteiger partial charge in [0.25, 0.3) is 5.82 Å². The van der Waals surface area contributed by atoms with Gasteiger partial charge in [0.05, 0.1) is 5.69 Å². The molecule has 124 valence electrons. The minimum absolute atomic E-state index is 0.106. The van der Waals surface area contributed by atoms with E-state index < -0.39 is 12.0 Å². The van der Waals surface area contributed by atoms with Crippen LogP contribution < -0.4 is 5.73 Å². The summed E-state index contributed by atoms with van der Waals surface area (Å²) in [5.41, 5.74) is 8.18. The van der Waals surface area contributed by atoms with Gasteiger partial charge >= 0.3 is 6.18 Å². The molecule has 0 aliphatic heterocycles. The monoisotopic (exact) mass is 342 g/mol. The minimum Gasteiger partial charge on any atom is -0.368 e. The normalized spacial score (nSPS) is 15.4. The van der Waals surface area contributed by atoms with Crippen molar-refractivity contribution in [2.45, 2.75) is 49.6 Å². The summed E-state index contributed by atoms with van der Waals surface area (Å²) in [6, 6.07) is 3.74. The zero-order chi connectivity index (χ0) is 16.9. The summed E-state index contributed by atoms with van der Waals surface area (Å²) in [4.78, 5) is 4.08. The van der Waals surface area contributed by atoms with Crippen LogP contribution in [-0.2, 0) is 6.18 Å². The summed E-state index contributed by atoms with van der Waals surface area (Å²) in [5, 5.41) is 3.55. The van der Waals surface area contributed by atoms with Crippen LogP contribution in [0.3, 0.4) is 0 Å². The van der Waals surface area contributed by atoms with Gasteiger partial charge in [0.2, 0.25) is 5.95 Å². The molecule has 4 nitrogen and oxygen atoms in total. The molecule has 1 heterocycles. The highest BCUT2D eigenvalue weighted by molar-refractivity contribution is 7.80. The fourth-order valence-electron chi connectivity index (χ4n) is 2.60. The van der Waals surface area contributed by atoms with Gasteiger partial charge < -0.3 is 5.73 Å². The average molecular weight is 342 g/mol. The first kappa shape index (κ1) is 16.2. The Labute approximate surface area is 137 Å². The van der Waals surface area contributed by atoms with Crippen LogP contribution >= 0.6 is 12.6 Å². The number of hydrogen-bond acceptors (Lipinski definition) is 4. The van der Waals surface area contributed by atoms with Crippen molar-refractivity contribution in [1.82, 2.24) is 14.8 Å². The lowest BCUT2D eigenvalue weighted by atomic mass is 9.96. The number of benzene rings is 1. The predicted molar refractivity (Wildman–Crippen MR) is 84.1 cm³/mol. The maximum atomic E-state index is 12.8. The van der Waals surface area contributed by atoms with Gasteiger partial charge in [-0.1, -0.05) is 19.9 Å². The summed E-state index contributed by atoms with van der Waals surface area (Å²) in [6.07, 6.45) is -2.39. The number of nitrogens with zero attached hydrogens (tertiary/aromatic N) is 3. The number of thiol groups is 1. The van der Waals surface area contributed by atoms with Gasteiger partial charge in [-0.25, -0.2) is 0 Å². The number of alkyl halides is 3. The number of hydrogen-bond donors (Lipinski definition) is 2. The molecule has 0 radical (unpaired) electrons. The second-order valence-corrected chi connectivity index (χ2v) is 6.58. The van der Waals surface area contributed by atoms with Crippen LogP contribution in [0.2, 0.25) is 0 Å². The molecule has 0 bridgehead atoms. The Balaban J connectivity index is 2.15. The largest absolute Gasteiger partial charge is 0.453 e. The van der Waals surface area contributed by atoms with E-state index in [1.165, 1.54) is 0 Å². The van der Waals surface area contributed by atoms with Crippen molar-refractivity contribution in [3.63, 3.8) is 0 Å². The quantitative estimate of drug-likeness (QED) is 0.824. The van der Waals surface area contributed by atoms with Gasteiger partial charge in [-0.2, -0.15) is 22.8 Å². The van der Waals surface area contributed by atoms with Crippen molar-refractivity contribution in [2.24, 2.45) is 0 Å². The number of aromatic nitrogens is 3. The van der Waals surface area contributed by atoms with E-state index in [0.717, 1.165) is 33.5 Å². The van der Waals surface area contributed by atoms with E-state index in [1.807, 2.05) is 19.9 Å². The van der Waals surface area contributed by atoms with Crippen LogP contribution in [0.1, 0.15) is 55.5 Å². The molecule has 23 heavy (non-hydrogen) atoms. The second kappa shape index (κ2) is 5.43. The summed E-state index contributed by atoms with van der Waals surface area (Å²) < 4.78 is 39.5. The molecule has 3 rings (SSSR count). The molecule has 0 amide bonds. The van der Waals surface area contributed by atoms with Crippen LogP contribution in [0.4, 0.5) is 19.1 Å². The molecule has 0 atom stereocenters. The molecule has 1 aliphatic rings. The van der Waals surface area contributed by atoms with E-state index in [0.29, 0.717) is 11.6 Å². The van der Waals surface area contributed by atoms with Gasteiger partial charge in [0, 0.05) is 4.90 Å². The van der Waals surface area contributed by atoms with Crippen LogP contribution in [-0.4, -0.2) is 14.8 Å². The van der Waals surface area contributed by atoms with Crippen LogP contribution in [0, 0.1) is 0 Å². The van der Waals surface area contributed by atoms with Gasteiger partial charge in [-0.3, -0.25) is 0 Å². The molecule has 2 N–H and O–H groups in total. The van der Waals surface area contributed by atoms with E-state index in [1.54, 1.807) is 6.07 Å². The zero-order valence-electron chi connectivity index (χ0n) is 12.7. The summed E-state index contributed by atoms with van der Waals surface area (Å²) >= 11 is 4.49. The highest BCUT2D eigenvalue weighted by atomic mass is 32.1. The Hall–Kier alpha value is -1.70. The van der Waals surface area contributed by atoms with E-state index in [-0.39, 0.29) is 11.9 Å². The SMILES string of the molecule is CC(C)c1cc(C2CC2)c(S)cc1-n1nc(C(F)(F)F)nc1N. The van der Waals surface area contributed by atoms with E-state index in [9.17, 15) is 13.2 Å². The van der Waals surface area contributed by atoms with Crippen molar-refractivity contribution in [3.05, 3.63) is 29.1 Å². The minimum atomic E-state index is -4.63. The number of anilines is 1. The molecular formula is C15H17F3N4S. The number of rotatable bonds is 3. The van der Waals surface area contributed by atoms with Gasteiger partial charge in [0.1, 0.15) is 0 Å². The molecule has 1 aliphatic carbocycles. The van der Waals surface area contributed by atoms with Crippen molar-refractivity contribution < 1.29 is 13.2 Å². The Morgan fingerprint density at radius 1 is 1.30 bits per heavy atom. The first-order valence-electron chi connectivity index (χ1n) is 7.35. The Bertz CT molecular complexity index is 748. The van der Waals surface area contributed by atoms with Crippen molar-refractivity contribution >= 4 is 18.6 Å². The maximum absolute atomic E-state index is 12.8. The Kier molecular flexibility index (Phi) is 3.82. The Morgan fingerprint density at radius 3 is 2.43 bits per heavy atom. The molecule has 0 spiro atoms. The molecule has 1 aromatic carbocycles. The summed E-state index contributed by atoms with van der Waals surface area (Å²) in [7, 11) is 0. The lowest BCUT2D eigenvalue weighted by Gasteiger charge is -2.17. The van der Waals surface area contributed by atoms with E-state index in [4.69, 9.17) is 5.73 Å². The first-order valence-corrected chi connectivity index (χ1v) is 7.80. The first-order chi connectivity index (χ1) is 10.7. The zero-order valence-corrected chi connectivity index (χ0v) is 13.6. The van der Waals surface area contributed by atoms with Crippen molar-refractivity contribution in [2.75, 3.05) is 5.73 Å².